The number of aromatic hydroxyl groups is 1. The van der Waals surface area contributed by atoms with Crippen LogP contribution in [0.4, 0.5) is 0 Å². The van der Waals surface area contributed by atoms with Crippen molar-refractivity contribution in [3.63, 3.8) is 0 Å². The highest BCUT2D eigenvalue weighted by molar-refractivity contribution is 6.15. The van der Waals surface area contributed by atoms with E-state index >= 15 is 0 Å². The Bertz CT molecular complexity index is 1820. The van der Waals surface area contributed by atoms with Crippen LogP contribution in [0.15, 0.2) is 62.7 Å². The predicted molar refractivity (Wildman–Crippen MR) is 123 cm³/mol. The first-order valence-corrected chi connectivity index (χ1v) is 10.2. The Morgan fingerprint density at radius 2 is 1.94 bits per heavy atom. The minimum Gasteiger partial charge on any atom is -0.502 e. The van der Waals surface area contributed by atoms with Gasteiger partial charge >= 0.3 is 0 Å². The maximum Gasteiger partial charge on any atom is 0.274 e. The number of H-pyrrole nitrogens is 2. The number of furan rings is 1. The maximum absolute atomic E-state index is 13.1. The second kappa shape index (κ2) is 6.34. The molecule has 0 aliphatic rings. The van der Waals surface area contributed by atoms with Crippen LogP contribution < -0.4 is 11.0 Å². The number of fused-ring (bicyclic) bond motifs is 5. The molecular weight excluding hydrogens is 408 g/mol. The van der Waals surface area contributed by atoms with Gasteiger partial charge in [0.2, 0.25) is 11.2 Å². The molecule has 4 heterocycles. The Morgan fingerprint density at radius 1 is 1.09 bits per heavy atom. The lowest BCUT2D eigenvalue weighted by atomic mass is 10.00. The van der Waals surface area contributed by atoms with E-state index in [-0.39, 0.29) is 17.2 Å². The lowest BCUT2D eigenvalue weighted by Gasteiger charge is -2.10. The molecule has 0 saturated carbocycles. The molecular formula is C24H18N4O4. The van der Waals surface area contributed by atoms with E-state index in [0.29, 0.717) is 33.1 Å². The first-order chi connectivity index (χ1) is 15.4. The third-order valence-corrected chi connectivity index (χ3v) is 5.85. The summed E-state index contributed by atoms with van der Waals surface area (Å²) in [6.07, 6.45) is 1.73. The van der Waals surface area contributed by atoms with Crippen LogP contribution >= 0.6 is 0 Å². The van der Waals surface area contributed by atoms with E-state index in [0.717, 1.165) is 16.5 Å². The molecule has 0 radical (unpaired) electrons. The van der Waals surface area contributed by atoms with Gasteiger partial charge in [-0.25, -0.2) is 0 Å². The number of nitrogens with one attached hydrogen (secondary N) is 2. The molecule has 6 rings (SSSR count). The summed E-state index contributed by atoms with van der Waals surface area (Å²) in [5.41, 5.74) is 3.08. The molecule has 32 heavy (non-hydrogen) atoms. The third kappa shape index (κ3) is 2.40. The Balaban J connectivity index is 1.86. The number of phenols is 1. The highest BCUT2D eigenvalue weighted by Crippen LogP contribution is 2.40. The average molecular weight is 426 g/mol. The van der Waals surface area contributed by atoms with Crippen LogP contribution in [0.2, 0.25) is 0 Å². The number of phenolic OH excluding ortho intramolecular Hbond substituents is 1. The molecule has 6 aromatic rings. The zero-order chi connectivity index (χ0) is 22.1. The van der Waals surface area contributed by atoms with E-state index in [1.165, 1.54) is 6.07 Å². The molecule has 0 amide bonds. The van der Waals surface area contributed by atoms with Gasteiger partial charge in [0, 0.05) is 28.6 Å². The summed E-state index contributed by atoms with van der Waals surface area (Å²) in [6, 6.07) is 12.4. The van der Waals surface area contributed by atoms with Crippen molar-refractivity contribution >= 4 is 44.0 Å². The zero-order valence-corrected chi connectivity index (χ0v) is 17.3. The number of hydrogen-bond acceptors (Lipinski definition) is 5. The van der Waals surface area contributed by atoms with Gasteiger partial charge in [-0.2, -0.15) is 0 Å². The lowest BCUT2D eigenvalue weighted by molar-refractivity contribution is 0.464. The molecule has 0 aliphatic carbocycles. The second-order valence-electron chi connectivity index (χ2n) is 8.13. The van der Waals surface area contributed by atoms with Gasteiger partial charge in [-0.05, 0) is 49.7 Å². The zero-order valence-electron chi connectivity index (χ0n) is 17.3. The molecule has 0 saturated heterocycles. The monoisotopic (exact) mass is 426 g/mol. The van der Waals surface area contributed by atoms with Crippen molar-refractivity contribution in [3.05, 3.63) is 69.2 Å². The van der Waals surface area contributed by atoms with Gasteiger partial charge in [0.05, 0.1) is 16.4 Å². The number of aromatic amines is 2. The van der Waals surface area contributed by atoms with Crippen LogP contribution in [-0.2, 0) is 0 Å². The highest BCUT2D eigenvalue weighted by atomic mass is 16.4. The molecule has 2 aromatic carbocycles. The molecule has 0 atom stereocenters. The van der Waals surface area contributed by atoms with Crippen molar-refractivity contribution in [2.45, 2.75) is 19.9 Å². The molecule has 8 nitrogen and oxygen atoms in total. The number of pyridine rings is 2. The fourth-order valence-corrected chi connectivity index (χ4v) is 4.36. The molecule has 0 unspecified atom stereocenters. The topological polar surface area (TPSA) is 117 Å². The van der Waals surface area contributed by atoms with Crippen molar-refractivity contribution in [2.75, 3.05) is 0 Å². The van der Waals surface area contributed by atoms with Crippen molar-refractivity contribution in [2.24, 2.45) is 0 Å². The Labute approximate surface area is 179 Å². The molecule has 3 N–H and O–H groups in total. The Kier molecular flexibility index (Phi) is 3.65. The second-order valence-corrected chi connectivity index (χ2v) is 8.13. The number of hydrogen-bond donors (Lipinski definition) is 3. The van der Waals surface area contributed by atoms with Crippen molar-refractivity contribution < 1.29 is 9.52 Å². The van der Waals surface area contributed by atoms with Crippen LogP contribution in [0.3, 0.4) is 0 Å². The molecule has 158 valence electrons. The Morgan fingerprint density at radius 3 is 2.75 bits per heavy atom. The van der Waals surface area contributed by atoms with E-state index in [4.69, 9.17) is 4.42 Å². The van der Waals surface area contributed by atoms with Crippen LogP contribution in [0.5, 0.6) is 5.75 Å². The van der Waals surface area contributed by atoms with Crippen molar-refractivity contribution in [1.29, 1.82) is 0 Å². The SMILES string of the molecule is CC(C)n1[nH]c(=O)c2c(-c3ccc4ncccc4c3)c3oc4c(O)c(=O)ccc4c3[nH]c21. The van der Waals surface area contributed by atoms with Gasteiger partial charge in [0.15, 0.2) is 11.2 Å². The minimum atomic E-state index is -0.524. The lowest BCUT2D eigenvalue weighted by Crippen LogP contribution is -2.07. The standard InChI is InChI=1S/C24H18N4O4/c1-11(2)28-23-18(24(31)27-28)17(13-5-7-15-12(10-13)4-3-9-25-15)22-19(26-23)14-6-8-16(29)20(30)21(14)32-22/h3-11,26,30H,1-2H3,(H,27,31). The fourth-order valence-electron chi connectivity index (χ4n) is 4.36. The van der Waals surface area contributed by atoms with E-state index in [1.54, 1.807) is 16.9 Å². The van der Waals surface area contributed by atoms with Gasteiger partial charge in [0.25, 0.3) is 5.56 Å². The first kappa shape index (κ1) is 18.4. The van der Waals surface area contributed by atoms with E-state index in [1.807, 2.05) is 44.2 Å². The predicted octanol–water partition coefficient (Wildman–Crippen LogP) is 4.42. The normalized spacial score (nSPS) is 12.1. The summed E-state index contributed by atoms with van der Waals surface area (Å²) in [5, 5.41) is 15.2. The van der Waals surface area contributed by atoms with Crippen molar-refractivity contribution in [3.8, 4) is 16.9 Å². The van der Waals surface area contributed by atoms with Gasteiger partial charge < -0.3 is 14.5 Å². The third-order valence-electron chi connectivity index (χ3n) is 5.85. The molecule has 8 heteroatoms. The van der Waals surface area contributed by atoms with Crippen LogP contribution in [0.25, 0.3) is 55.1 Å². The molecule has 0 fully saturated rings. The molecule has 4 aromatic heterocycles. The fraction of sp³-hybridized carbons (Fsp3) is 0.125. The minimum absolute atomic E-state index is 0.0117. The Hall–Kier alpha value is -4.33. The molecule has 0 bridgehead atoms. The number of nitrogens with zero attached hydrogens (tertiary/aromatic N) is 2. The number of benzene rings is 2. The average Bonchev–Trinajstić information content (AvgIpc) is 3.33. The van der Waals surface area contributed by atoms with E-state index in [9.17, 15) is 14.7 Å². The summed E-state index contributed by atoms with van der Waals surface area (Å²) < 4.78 is 7.80. The summed E-state index contributed by atoms with van der Waals surface area (Å²) in [6.45, 7) is 3.94. The maximum atomic E-state index is 13.1. The number of rotatable bonds is 2. The summed E-state index contributed by atoms with van der Waals surface area (Å²) in [7, 11) is 0. The molecule has 0 aliphatic heterocycles. The van der Waals surface area contributed by atoms with E-state index in [2.05, 4.69) is 15.1 Å². The van der Waals surface area contributed by atoms with Crippen LogP contribution in [-0.4, -0.2) is 24.9 Å². The van der Waals surface area contributed by atoms with Crippen LogP contribution in [0, 0.1) is 0 Å². The van der Waals surface area contributed by atoms with Gasteiger partial charge in [-0.15, -0.1) is 0 Å². The van der Waals surface area contributed by atoms with Crippen molar-refractivity contribution in [1.82, 2.24) is 19.7 Å². The summed E-state index contributed by atoms with van der Waals surface area (Å²) in [5.74, 6) is -0.453. The van der Waals surface area contributed by atoms with E-state index < -0.39 is 11.2 Å². The number of aromatic nitrogens is 4. The van der Waals surface area contributed by atoms with Gasteiger partial charge in [-0.1, -0.05) is 12.1 Å². The highest BCUT2D eigenvalue weighted by Gasteiger charge is 2.24. The summed E-state index contributed by atoms with van der Waals surface area (Å²) in [4.78, 5) is 32.8. The quantitative estimate of drug-likeness (QED) is 0.379. The largest absolute Gasteiger partial charge is 0.502 e. The van der Waals surface area contributed by atoms with Gasteiger partial charge in [-0.3, -0.25) is 24.4 Å². The van der Waals surface area contributed by atoms with Crippen LogP contribution in [0.1, 0.15) is 19.9 Å². The first-order valence-electron chi connectivity index (χ1n) is 10.2. The summed E-state index contributed by atoms with van der Waals surface area (Å²) >= 11 is 0. The molecule has 0 spiro atoms. The van der Waals surface area contributed by atoms with Gasteiger partial charge in [0.1, 0.15) is 5.65 Å². The smallest absolute Gasteiger partial charge is 0.274 e.